The number of imide groups is 1. The second-order valence-corrected chi connectivity index (χ2v) is 8.33. The minimum atomic E-state index is -0.488. The number of carbonyl (C=O) groups is 2. The van der Waals surface area contributed by atoms with Crippen molar-refractivity contribution >= 4 is 45.9 Å². The molecule has 0 bridgehead atoms. The van der Waals surface area contributed by atoms with Crippen molar-refractivity contribution in [1.82, 2.24) is 20.8 Å². The van der Waals surface area contributed by atoms with Crippen LogP contribution < -0.4 is 16.0 Å². The smallest absolute Gasteiger partial charge is 0.321 e. The van der Waals surface area contributed by atoms with Gasteiger partial charge in [-0.2, -0.15) is 0 Å². The van der Waals surface area contributed by atoms with Crippen molar-refractivity contribution in [2.75, 3.05) is 11.9 Å². The van der Waals surface area contributed by atoms with Crippen molar-refractivity contribution in [2.24, 2.45) is 0 Å². The summed E-state index contributed by atoms with van der Waals surface area (Å²) in [5, 5.41) is 16.8. The fourth-order valence-electron chi connectivity index (χ4n) is 2.44. The molecule has 0 aliphatic carbocycles. The molecule has 1 aromatic carbocycles. The third-order valence-electron chi connectivity index (χ3n) is 3.86. The van der Waals surface area contributed by atoms with Crippen molar-refractivity contribution < 1.29 is 9.59 Å². The number of rotatable bonds is 8. The van der Waals surface area contributed by atoms with Gasteiger partial charge in [0.05, 0.1) is 5.25 Å². The molecule has 0 aliphatic heterocycles. The van der Waals surface area contributed by atoms with Crippen molar-refractivity contribution in [3.05, 3.63) is 29.3 Å². The van der Waals surface area contributed by atoms with Crippen LogP contribution in [0.2, 0.25) is 0 Å². The van der Waals surface area contributed by atoms with Crippen molar-refractivity contribution in [3.63, 3.8) is 0 Å². The molecule has 0 saturated carbocycles. The Balaban J connectivity index is 2.03. The molecule has 146 valence electrons. The molecular weight excluding hydrogens is 382 g/mol. The van der Waals surface area contributed by atoms with Gasteiger partial charge in [0.25, 0.3) is 0 Å². The Kier molecular flexibility index (Phi) is 8.05. The highest BCUT2D eigenvalue weighted by atomic mass is 32.2. The third-order valence-corrected chi connectivity index (χ3v) is 5.88. The van der Waals surface area contributed by atoms with Gasteiger partial charge in [-0.05, 0) is 37.8 Å². The van der Waals surface area contributed by atoms with Crippen molar-refractivity contribution in [1.29, 1.82) is 0 Å². The first-order chi connectivity index (χ1) is 13.0. The van der Waals surface area contributed by atoms with Gasteiger partial charge < -0.3 is 10.6 Å². The van der Waals surface area contributed by atoms with Crippen LogP contribution in [0.3, 0.4) is 0 Å². The van der Waals surface area contributed by atoms with Crippen molar-refractivity contribution in [3.8, 4) is 0 Å². The van der Waals surface area contributed by atoms with E-state index >= 15 is 0 Å². The Labute approximate surface area is 167 Å². The lowest BCUT2D eigenvalue weighted by Crippen LogP contribution is -2.42. The number of hydrogen-bond acceptors (Lipinski definition) is 7. The highest BCUT2D eigenvalue weighted by Crippen LogP contribution is 2.32. The normalized spacial score (nSPS) is 11.7. The van der Waals surface area contributed by atoms with Crippen molar-refractivity contribution in [2.45, 2.75) is 50.1 Å². The van der Waals surface area contributed by atoms with E-state index in [9.17, 15) is 9.59 Å². The van der Waals surface area contributed by atoms with E-state index in [1.807, 2.05) is 0 Å². The molecule has 1 unspecified atom stereocenters. The fraction of sp³-hybridized carbons (Fsp3) is 0.444. The predicted molar refractivity (Wildman–Crippen MR) is 111 cm³/mol. The number of hydrogen-bond donors (Lipinski definition) is 3. The standard InChI is InChI=1S/C18H25N5O2S2/c1-5-12-9-8-10-13(6-2)14(12)20-17-22-23-18(27-17)26-11(4)15(24)21-16(25)19-7-3/h8-11H,5-7H2,1-4H3,(H,20,22)(H2,19,21,24,25). The van der Waals surface area contributed by atoms with Gasteiger partial charge in [-0.15, -0.1) is 10.2 Å². The van der Waals surface area contributed by atoms with E-state index in [0.717, 1.165) is 18.5 Å². The van der Waals surface area contributed by atoms with Gasteiger partial charge in [0.2, 0.25) is 11.0 Å². The lowest BCUT2D eigenvalue weighted by molar-refractivity contribution is -0.119. The fourth-order valence-corrected chi connectivity index (χ4v) is 4.34. The summed E-state index contributed by atoms with van der Waals surface area (Å²) in [6.07, 6.45) is 1.85. The SMILES string of the molecule is CCNC(=O)NC(=O)C(C)Sc1nnc(Nc2c(CC)cccc2CC)s1. The second-order valence-electron chi connectivity index (χ2n) is 5.77. The molecular formula is C18H25N5O2S2. The van der Waals surface area contributed by atoms with Crippen LogP contribution in [0.4, 0.5) is 15.6 Å². The van der Waals surface area contributed by atoms with Gasteiger partial charge >= 0.3 is 6.03 Å². The Bertz CT molecular complexity index is 772. The number of aryl methyl sites for hydroxylation is 2. The molecule has 1 atom stereocenters. The lowest BCUT2D eigenvalue weighted by atomic mass is 10.0. The monoisotopic (exact) mass is 407 g/mol. The average molecular weight is 408 g/mol. The number of benzene rings is 1. The maximum atomic E-state index is 12.0. The molecule has 0 fully saturated rings. The summed E-state index contributed by atoms with van der Waals surface area (Å²) in [7, 11) is 0. The summed E-state index contributed by atoms with van der Waals surface area (Å²) in [6, 6.07) is 5.79. The second kappa shape index (κ2) is 10.3. The van der Waals surface area contributed by atoms with Crippen LogP contribution in [0.1, 0.15) is 38.8 Å². The summed E-state index contributed by atoms with van der Waals surface area (Å²) >= 11 is 2.67. The quantitative estimate of drug-likeness (QED) is 0.577. The number of nitrogens with zero attached hydrogens (tertiary/aromatic N) is 2. The van der Waals surface area contributed by atoms with Gasteiger partial charge in [-0.25, -0.2) is 4.79 Å². The van der Waals surface area contributed by atoms with Crippen LogP contribution in [0.15, 0.2) is 22.5 Å². The molecule has 1 heterocycles. The zero-order chi connectivity index (χ0) is 19.8. The van der Waals surface area contributed by atoms with E-state index in [1.54, 1.807) is 13.8 Å². The first-order valence-electron chi connectivity index (χ1n) is 8.95. The van der Waals surface area contributed by atoms with Gasteiger partial charge in [-0.3, -0.25) is 10.1 Å². The van der Waals surface area contributed by atoms with E-state index in [2.05, 4.69) is 58.2 Å². The third kappa shape index (κ3) is 5.93. The largest absolute Gasteiger partial charge is 0.338 e. The van der Waals surface area contributed by atoms with E-state index in [4.69, 9.17) is 0 Å². The number of amides is 3. The van der Waals surface area contributed by atoms with E-state index in [1.165, 1.54) is 34.2 Å². The molecule has 1 aromatic heterocycles. The number of urea groups is 1. The number of para-hydroxylation sites is 1. The highest BCUT2D eigenvalue weighted by molar-refractivity contribution is 8.02. The summed E-state index contributed by atoms with van der Waals surface area (Å²) in [6.45, 7) is 8.23. The molecule has 0 aliphatic rings. The average Bonchev–Trinajstić information content (AvgIpc) is 3.08. The summed E-state index contributed by atoms with van der Waals surface area (Å²) in [5.74, 6) is -0.361. The van der Waals surface area contributed by atoms with Gasteiger partial charge in [0, 0.05) is 12.2 Å². The lowest BCUT2D eigenvalue weighted by Gasteiger charge is -2.13. The van der Waals surface area contributed by atoms with Crippen LogP contribution in [0.5, 0.6) is 0 Å². The van der Waals surface area contributed by atoms with Gasteiger partial charge in [0.15, 0.2) is 4.34 Å². The molecule has 7 nitrogen and oxygen atoms in total. The molecule has 0 spiro atoms. The number of thioether (sulfide) groups is 1. The Morgan fingerprint density at radius 2 is 1.81 bits per heavy atom. The van der Waals surface area contributed by atoms with Gasteiger partial charge in [0.1, 0.15) is 0 Å². The minimum Gasteiger partial charge on any atom is -0.338 e. The number of aromatic nitrogens is 2. The first-order valence-corrected chi connectivity index (χ1v) is 10.6. The summed E-state index contributed by atoms with van der Waals surface area (Å²) in [4.78, 5) is 23.5. The number of nitrogens with one attached hydrogen (secondary N) is 3. The molecule has 3 amide bonds. The molecule has 2 aromatic rings. The highest BCUT2D eigenvalue weighted by Gasteiger charge is 2.19. The molecule has 27 heavy (non-hydrogen) atoms. The Hall–Kier alpha value is -2.13. The number of anilines is 2. The van der Waals surface area contributed by atoms with Crippen LogP contribution in [0.25, 0.3) is 0 Å². The topological polar surface area (TPSA) is 96.0 Å². The molecule has 9 heteroatoms. The maximum absolute atomic E-state index is 12.0. The molecule has 2 rings (SSSR count). The minimum absolute atomic E-state index is 0.361. The Morgan fingerprint density at radius 1 is 1.15 bits per heavy atom. The zero-order valence-electron chi connectivity index (χ0n) is 16.0. The van der Waals surface area contributed by atoms with Crippen LogP contribution in [0, 0.1) is 0 Å². The number of carbonyl (C=O) groups excluding carboxylic acids is 2. The van der Waals surface area contributed by atoms with Crippen LogP contribution >= 0.6 is 23.1 Å². The first kappa shape index (κ1) is 21.2. The molecule has 3 N–H and O–H groups in total. The maximum Gasteiger partial charge on any atom is 0.321 e. The predicted octanol–water partition coefficient (Wildman–Crippen LogP) is 3.73. The van der Waals surface area contributed by atoms with E-state index in [0.29, 0.717) is 16.0 Å². The van der Waals surface area contributed by atoms with Gasteiger partial charge in [-0.1, -0.05) is 55.1 Å². The Morgan fingerprint density at radius 3 is 2.41 bits per heavy atom. The molecule has 0 radical (unpaired) electrons. The van der Waals surface area contributed by atoms with Crippen LogP contribution in [-0.4, -0.2) is 33.9 Å². The van der Waals surface area contributed by atoms with E-state index in [-0.39, 0.29) is 5.91 Å². The molecule has 0 saturated heterocycles. The van der Waals surface area contributed by atoms with Crippen LogP contribution in [-0.2, 0) is 17.6 Å². The van der Waals surface area contributed by atoms with E-state index < -0.39 is 11.3 Å². The summed E-state index contributed by atoms with van der Waals surface area (Å²) in [5.41, 5.74) is 3.54. The zero-order valence-corrected chi connectivity index (χ0v) is 17.6. The summed E-state index contributed by atoms with van der Waals surface area (Å²) < 4.78 is 0.670.